The molecule has 1 saturated carbocycles. The highest BCUT2D eigenvalue weighted by atomic mass is 16.5. The number of carbonyl (C=O) groups excluding carboxylic acids is 3. The molecule has 8 heteroatoms. The van der Waals surface area contributed by atoms with Crippen LogP contribution in [-0.4, -0.2) is 30.4 Å². The predicted octanol–water partition coefficient (Wildman–Crippen LogP) is 4.70. The van der Waals surface area contributed by atoms with E-state index in [0.29, 0.717) is 28.1 Å². The molecule has 0 atom stereocenters. The molecule has 5 rings (SSSR count). The fraction of sp³-hybridized carbons (Fsp3) is 0.179. The van der Waals surface area contributed by atoms with Crippen LogP contribution in [0.15, 0.2) is 83.3 Å². The second kappa shape index (κ2) is 10.4. The van der Waals surface area contributed by atoms with Gasteiger partial charge in [-0.3, -0.25) is 9.59 Å². The maximum absolute atomic E-state index is 12.9. The van der Waals surface area contributed by atoms with E-state index in [4.69, 9.17) is 13.9 Å². The van der Waals surface area contributed by atoms with Crippen molar-refractivity contribution in [2.24, 2.45) is 0 Å². The molecule has 0 spiro atoms. The lowest BCUT2D eigenvalue weighted by molar-refractivity contribution is -0.119. The molecule has 0 radical (unpaired) electrons. The number of furan rings is 1. The smallest absolute Gasteiger partial charge is 0.375 e. The van der Waals surface area contributed by atoms with Gasteiger partial charge in [0, 0.05) is 11.4 Å². The zero-order valence-corrected chi connectivity index (χ0v) is 19.4. The molecule has 8 nitrogen and oxygen atoms in total. The molecule has 4 aromatic rings. The Morgan fingerprint density at radius 1 is 0.889 bits per heavy atom. The summed E-state index contributed by atoms with van der Waals surface area (Å²) in [7, 11) is 0. The Morgan fingerprint density at radius 2 is 1.61 bits per heavy atom. The van der Waals surface area contributed by atoms with E-state index in [-0.39, 0.29) is 24.3 Å². The number of para-hydroxylation sites is 3. The van der Waals surface area contributed by atoms with Crippen LogP contribution in [0.4, 0.5) is 5.69 Å². The number of anilines is 1. The molecule has 36 heavy (non-hydrogen) atoms. The minimum Gasteiger partial charge on any atom is -0.489 e. The lowest BCUT2D eigenvalue weighted by atomic mass is 10.1. The van der Waals surface area contributed by atoms with Gasteiger partial charge < -0.3 is 24.5 Å². The first kappa shape index (κ1) is 23.2. The highest BCUT2D eigenvalue weighted by molar-refractivity contribution is 6.04. The lowest BCUT2D eigenvalue weighted by Crippen LogP contribution is -2.28. The van der Waals surface area contributed by atoms with Gasteiger partial charge in [0.25, 0.3) is 11.8 Å². The average Bonchev–Trinajstić information content (AvgIpc) is 3.64. The molecule has 0 aliphatic heterocycles. The Balaban J connectivity index is 1.26. The van der Waals surface area contributed by atoms with E-state index in [1.807, 2.05) is 42.5 Å². The van der Waals surface area contributed by atoms with Gasteiger partial charge in [-0.1, -0.05) is 48.5 Å². The molecule has 2 N–H and O–H groups in total. The summed E-state index contributed by atoms with van der Waals surface area (Å²) in [4.78, 5) is 37.9. The standard InChI is InChI=1S/C28H24N2O6/c31-25(30-23-12-6-4-11-21(23)27(32)29-18-14-15-18)17-35-28(33)26-22(16-34-19-8-2-1-3-9-19)20-10-5-7-13-24(20)36-26/h1-13,18H,14-17H2,(H,29,32)(H,30,31). The van der Waals surface area contributed by atoms with Crippen LogP contribution in [0.1, 0.15) is 39.3 Å². The maximum Gasteiger partial charge on any atom is 0.375 e. The molecule has 2 amide bonds. The Kier molecular flexibility index (Phi) is 6.66. The Labute approximate surface area is 207 Å². The van der Waals surface area contributed by atoms with Crippen LogP contribution in [0.25, 0.3) is 11.0 Å². The summed E-state index contributed by atoms with van der Waals surface area (Å²) in [6.07, 6.45) is 1.91. The largest absolute Gasteiger partial charge is 0.489 e. The van der Waals surface area contributed by atoms with Crippen LogP contribution in [-0.2, 0) is 16.1 Å². The molecular formula is C28H24N2O6. The normalized spacial score (nSPS) is 12.7. The predicted molar refractivity (Wildman–Crippen MR) is 133 cm³/mol. The van der Waals surface area contributed by atoms with Crippen molar-refractivity contribution in [1.82, 2.24) is 5.32 Å². The van der Waals surface area contributed by atoms with Crippen molar-refractivity contribution in [3.05, 3.63) is 95.7 Å². The second-order valence-corrected chi connectivity index (χ2v) is 8.43. The zero-order chi connectivity index (χ0) is 24.9. The second-order valence-electron chi connectivity index (χ2n) is 8.43. The molecule has 0 saturated heterocycles. The number of rotatable bonds is 9. The molecule has 0 bridgehead atoms. The molecular weight excluding hydrogens is 460 g/mol. The number of benzene rings is 3. The monoisotopic (exact) mass is 484 g/mol. The molecule has 1 aromatic heterocycles. The maximum atomic E-state index is 12.9. The third-order valence-electron chi connectivity index (χ3n) is 5.70. The Hall–Kier alpha value is -4.59. The van der Waals surface area contributed by atoms with E-state index in [2.05, 4.69) is 10.6 Å². The van der Waals surface area contributed by atoms with E-state index < -0.39 is 18.5 Å². The van der Waals surface area contributed by atoms with Crippen LogP contribution in [0, 0.1) is 0 Å². The topological polar surface area (TPSA) is 107 Å². The van der Waals surface area contributed by atoms with Crippen LogP contribution >= 0.6 is 0 Å². The van der Waals surface area contributed by atoms with Crippen molar-refractivity contribution in [2.75, 3.05) is 11.9 Å². The molecule has 1 aliphatic carbocycles. The molecule has 0 unspecified atom stereocenters. The Morgan fingerprint density at radius 3 is 2.42 bits per heavy atom. The van der Waals surface area contributed by atoms with Gasteiger partial charge in [0.2, 0.25) is 5.76 Å². The first-order chi connectivity index (χ1) is 17.6. The molecule has 1 heterocycles. The molecule has 3 aromatic carbocycles. The van der Waals surface area contributed by atoms with E-state index >= 15 is 0 Å². The van der Waals surface area contributed by atoms with Gasteiger partial charge in [-0.15, -0.1) is 0 Å². The number of hydrogen-bond donors (Lipinski definition) is 2. The van der Waals surface area contributed by atoms with Crippen LogP contribution < -0.4 is 15.4 Å². The first-order valence-corrected chi connectivity index (χ1v) is 11.6. The van der Waals surface area contributed by atoms with E-state index in [0.717, 1.165) is 18.2 Å². The number of amides is 2. The molecule has 1 fully saturated rings. The van der Waals surface area contributed by atoms with Crippen molar-refractivity contribution >= 4 is 34.4 Å². The number of hydrogen-bond acceptors (Lipinski definition) is 6. The highest BCUT2D eigenvalue weighted by Gasteiger charge is 2.26. The third kappa shape index (κ3) is 5.38. The van der Waals surface area contributed by atoms with Gasteiger partial charge in [0.1, 0.15) is 17.9 Å². The number of ether oxygens (including phenoxy) is 2. The zero-order valence-electron chi connectivity index (χ0n) is 19.4. The average molecular weight is 485 g/mol. The van der Waals surface area contributed by atoms with Crippen LogP contribution in [0.5, 0.6) is 5.75 Å². The Bertz CT molecular complexity index is 1410. The van der Waals surface area contributed by atoms with Gasteiger partial charge in [-0.2, -0.15) is 0 Å². The van der Waals surface area contributed by atoms with Crippen LogP contribution in [0.3, 0.4) is 0 Å². The molecule has 1 aliphatic rings. The summed E-state index contributed by atoms with van der Waals surface area (Å²) >= 11 is 0. The van der Waals surface area contributed by atoms with Crippen molar-refractivity contribution in [3.63, 3.8) is 0 Å². The number of fused-ring (bicyclic) bond motifs is 1. The highest BCUT2D eigenvalue weighted by Crippen LogP contribution is 2.28. The summed E-state index contributed by atoms with van der Waals surface area (Å²) in [5.74, 6) is -0.994. The van der Waals surface area contributed by atoms with Crippen LogP contribution in [0.2, 0.25) is 0 Å². The summed E-state index contributed by atoms with van der Waals surface area (Å²) in [6.45, 7) is -0.464. The number of esters is 1. The van der Waals surface area contributed by atoms with Crippen molar-refractivity contribution in [1.29, 1.82) is 0 Å². The SMILES string of the molecule is O=C(COC(=O)c1oc2ccccc2c1COc1ccccc1)Nc1ccccc1C(=O)NC1CC1. The van der Waals surface area contributed by atoms with Gasteiger partial charge in [0.05, 0.1) is 16.8 Å². The summed E-state index contributed by atoms with van der Waals surface area (Å²) in [6, 6.07) is 23.3. The number of carbonyl (C=O) groups is 3. The quantitative estimate of drug-likeness (QED) is 0.334. The van der Waals surface area contributed by atoms with E-state index in [1.54, 1.807) is 36.4 Å². The fourth-order valence-electron chi connectivity index (χ4n) is 3.74. The fourth-order valence-corrected chi connectivity index (χ4v) is 3.74. The van der Waals surface area contributed by atoms with E-state index in [1.165, 1.54) is 0 Å². The van der Waals surface area contributed by atoms with Gasteiger partial charge in [-0.05, 0) is 43.2 Å². The summed E-state index contributed by atoms with van der Waals surface area (Å²) in [5.41, 5.74) is 1.73. The summed E-state index contributed by atoms with van der Waals surface area (Å²) < 4.78 is 16.8. The van der Waals surface area contributed by atoms with Crippen molar-refractivity contribution < 1.29 is 28.3 Å². The lowest BCUT2D eigenvalue weighted by Gasteiger charge is -2.11. The van der Waals surface area contributed by atoms with Gasteiger partial charge >= 0.3 is 5.97 Å². The number of nitrogens with one attached hydrogen (secondary N) is 2. The minimum absolute atomic E-state index is 0.0239. The first-order valence-electron chi connectivity index (χ1n) is 11.6. The minimum atomic E-state index is -0.784. The third-order valence-corrected chi connectivity index (χ3v) is 5.70. The van der Waals surface area contributed by atoms with Gasteiger partial charge in [0.15, 0.2) is 6.61 Å². The van der Waals surface area contributed by atoms with Crippen molar-refractivity contribution in [2.45, 2.75) is 25.5 Å². The van der Waals surface area contributed by atoms with Crippen molar-refractivity contribution in [3.8, 4) is 5.75 Å². The van der Waals surface area contributed by atoms with E-state index in [9.17, 15) is 14.4 Å². The van der Waals surface area contributed by atoms with Gasteiger partial charge in [-0.25, -0.2) is 4.79 Å². The molecule has 182 valence electrons. The summed E-state index contributed by atoms with van der Waals surface area (Å²) in [5, 5.41) is 6.27.